The SMILES string of the molecule is CC(C)C(=O)OC[C@@H](CO)OC(=O)c1ccccc1. The minimum Gasteiger partial charge on any atom is -0.461 e. The van der Waals surface area contributed by atoms with Crippen molar-refractivity contribution in [2.75, 3.05) is 13.2 Å². The van der Waals surface area contributed by atoms with Crippen LogP contribution in [0.3, 0.4) is 0 Å². The van der Waals surface area contributed by atoms with Crippen LogP contribution in [0.4, 0.5) is 0 Å². The molecule has 1 N–H and O–H groups in total. The lowest BCUT2D eigenvalue weighted by molar-refractivity contribution is -0.151. The van der Waals surface area contributed by atoms with E-state index in [1.54, 1.807) is 44.2 Å². The first kappa shape index (κ1) is 15.2. The van der Waals surface area contributed by atoms with E-state index in [2.05, 4.69) is 0 Å². The molecule has 0 aliphatic carbocycles. The molecule has 5 nitrogen and oxygen atoms in total. The summed E-state index contributed by atoms with van der Waals surface area (Å²) < 4.78 is 9.97. The molecule has 1 aromatic rings. The minimum absolute atomic E-state index is 0.147. The zero-order valence-electron chi connectivity index (χ0n) is 11.0. The van der Waals surface area contributed by atoms with Gasteiger partial charge in [-0.15, -0.1) is 0 Å². The molecule has 0 heterocycles. The van der Waals surface area contributed by atoms with Crippen molar-refractivity contribution < 1.29 is 24.2 Å². The smallest absolute Gasteiger partial charge is 0.338 e. The number of esters is 2. The average molecular weight is 266 g/mol. The van der Waals surface area contributed by atoms with E-state index in [1.165, 1.54) is 0 Å². The number of aliphatic hydroxyl groups excluding tert-OH is 1. The van der Waals surface area contributed by atoms with Gasteiger partial charge in [0, 0.05) is 0 Å². The second kappa shape index (κ2) is 7.53. The van der Waals surface area contributed by atoms with Crippen LogP contribution < -0.4 is 0 Å². The largest absolute Gasteiger partial charge is 0.461 e. The normalized spacial score (nSPS) is 12.0. The highest BCUT2D eigenvalue weighted by Gasteiger charge is 2.18. The first-order chi connectivity index (χ1) is 9.04. The van der Waals surface area contributed by atoms with Crippen molar-refractivity contribution in [1.29, 1.82) is 0 Å². The molecular formula is C14H18O5. The van der Waals surface area contributed by atoms with Crippen LogP contribution in [0.25, 0.3) is 0 Å². The van der Waals surface area contributed by atoms with Gasteiger partial charge in [0.25, 0.3) is 0 Å². The van der Waals surface area contributed by atoms with Crippen LogP contribution in [-0.2, 0) is 14.3 Å². The Hall–Kier alpha value is -1.88. The number of carbonyl (C=O) groups excluding carboxylic acids is 2. The number of rotatable bonds is 6. The third-order valence-corrected chi connectivity index (χ3v) is 2.37. The monoisotopic (exact) mass is 266 g/mol. The maximum Gasteiger partial charge on any atom is 0.338 e. The molecular weight excluding hydrogens is 248 g/mol. The predicted octanol–water partition coefficient (Wildman–Crippen LogP) is 1.40. The Morgan fingerprint density at radius 1 is 1.21 bits per heavy atom. The molecule has 0 aromatic heterocycles. The summed E-state index contributed by atoms with van der Waals surface area (Å²) in [6.45, 7) is 2.86. The van der Waals surface area contributed by atoms with E-state index < -0.39 is 24.6 Å². The van der Waals surface area contributed by atoms with Crippen LogP contribution in [0.15, 0.2) is 30.3 Å². The van der Waals surface area contributed by atoms with E-state index in [1.807, 2.05) is 0 Å². The van der Waals surface area contributed by atoms with Crippen molar-refractivity contribution in [2.45, 2.75) is 20.0 Å². The molecule has 1 atom stereocenters. The molecule has 0 fully saturated rings. The van der Waals surface area contributed by atoms with E-state index in [0.717, 1.165) is 0 Å². The van der Waals surface area contributed by atoms with Gasteiger partial charge < -0.3 is 14.6 Å². The van der Waals surface area contributed by atoms with Gasteiger partial charge in [-0.1, -0.05) is 32.0 Å². The van der Waals surface area contributed by atoms with Gasteiger partial charge in [0.1, 0.15) is 6.61 Å². The Morgan fingerprint density at radius 3 is 2.37 bits per heavy atom. The van der Waals surface area contributed by atoms with Crippen molar-refractivity contribution in [3.63, 3.8) is 0 Å². The van der Waals surface area contributed by atoms with E-state index in [9.17, 15) is 9.59 Å². The lowest BCUT2D eigenvalue weighted by Gasteiger charge is -2.16. The van der Waals surface area contributed by atoms with Gasteiger partial charge >= 0.3 is 11.9 Å². The lowest BCUT2D eigenvalue weighted by atomic mass is 10.2. The highest BCUT2D eigenvalue weighted by atomic mass is 16.6. The Kier molecular flexibility index (Phi) is 6.02. The topological polar surface area (TPSA) is 72.8 Å². The Morgan fingerprint density at radius 2 is 1.84 bits per heavy atom. The summed E-state index contributed by atoms with van der Waals surface area (Å²) in [5, 5.41) is 9.10. The molecule has 0 spiro atoms. The fraction of sp³-hybridized carbons (Fsp3) is 0.429. The first-order valence-electron chi connectivity index (χ1n) is 6.08. The van der Waals surface area contributed by atoms with Crippen LogP contribution in [0.2, 0.25) is 0 Å². The Bertz CT molecular complexity index is 413. The molecule has 0 aliphatic rings. The number of hydrogen-bond acceptors (Lipinski definition) is 5. The standard InChI is InChI=1S/C14H18O5/c1-10(2)13(16)18-9-12(8-15)19-14(17)11-6-4-3-5-7-11/h3-7,10,12,15H,8-9H2,1-2H3/t12-/m1/s1. The Balaban J connectivity index is 2.48. The van der Waals surface area contributed by atoms with Crippen molar-refractivity contribution in [2.24, 2.45) is 5.92 Å². The number of aliphatic hydroxyl groups is 1. The Labute approximate surface area is 112 Å². The van der Waals surface area contributed by atoms with Crippen LogP contribution in [-0.4, -0.2) is 36.4 Å². The summed E-state index contributed by atoms with van der Waals surface area (Å²) in [7, 11) is 0. The van der Waals surface area contributed by atoms with Crippen molar-refractivity contribution in [3.8, 4) is 0 Å². The van der Waals surface area contributed by atoms with Gasteiger partial charge in [-0.05, 0) is 12.1 Å². The molecule has 1 aromatic carbocycles. The number of benzene rings is 1. The third-order valence-electron chi connectivity index (χ3n) is 2.37. The molecule has 0 radical (unpaired) electrons. The molecule has 19 heavy (non-hydrogen) atoms. The summed E-state index contributed by atoms with van der Waals surface area (Å²) >= 11 is 0. The first-order valence-corrected chi connectivity index (χ1v) is 6.08. The predicted molar refractivity (Wildman–Crippen MR) is 68.5 cm³/mol. The van der Waals surface area contributed by atoms with Crippen molar-refractivity contribution >= 4 is 11.9 Å². The van der Waals surface area contributed by atoms with Crippen molar-refractivity contribution in [1.82, 2.24) is 0 Å². The van der Waals surface area contributed by atoms with Gasteiger partial charge in [-0.25, -0.2) is 4.79 Å². The van der Waals surface area contributed by atoms with Crippen LogP contribution >= 0.6 is 0 Å². The summed E-state index contributed by atoms with van der Waals surface area (Å²) in [4.78, 5) is 23.0. The third kappa shape index (κ3) is 5.09. The highest BCUT2D eigenvalue weighted by Crippen LogP contribution is 2.05. The second-order valence-electron chi connectivity index (χ2n) is 4.36. The second-order valence-corrected chi connectivity index (χ2v) is 4.36. The fourth-order valence-corrected chi connectivity index (χ4v) is 1.26. The number of hydrogen-bond donors (Lipinski definition) is 1. The zero-order chi connectivity index (χ0) is 14.3. The number of carbonyl (C=O) groups is 2. The minimum atomic E-state index is -0.851. The molecule has 5 heteroatoms. The van der Waals surface area contributed by atoms with E-state index >= 15 is 0 Å². The molecule has 0 unspecified atom stereocenters. The van der Waals surface area contributed by atoms with Crippen LogP contribution in [0.5, 0.6) is 0 Å². The van der Waals surface area contributed by atoms with Gasteiger partial charge in [0.05, 0.1) is 18.1 Å². The van der Waals surface area contributed by atoms with Crippen molar-refractivity contribution in [3.05, 3.63) is 35.9 Å². The van der Waals surface area contributed by atoms with Gasteiger partial charge in [0.15, 0.2) is 6.10 Å². The van der Waals surface area contributed by atoms with E-state index in [4.69, 9.17) is 14.6 Å². The lowest BCUT2D eigenvalue weighted by Crippen LogP contribution is -2.29. The quantitative estimate of drug-likeness (QED) is 0.788. The maximum atomic E-state index is 11.7. The molecule has 0 aliphatic heterocycles. The van der Waals surface area contributed by atoms with E-state index in [-0.39, 0.29) is 12.5 Å². The molecule has 0 saturated heterocycles. The summed E-state index contributed by atoms with van der Waals surface area (Å²) in [5.41, 5.74) is 0.385. The van der Waals surface area contributed by atoms with E-state index in [0.29, 0.717) is 5.56 Å². The van der Waals surface area contributed by atoms with Gasteiger partial charge in [0.2, 0.25) is 0 Å². The fourth-order valence-electron chi connectivity index (χ4n) is 1.26. The molecule has 0 bridgehead atoms. The molecule has 0 amide bonds. The van der Waals surface area contributed by atoms with Gasteiger partial charge in [-0.3, -0.25) is 4.79 Å². The highest BCUT2D eigenvalue weighted by molar-refractivity contribution is 5.89. The van der Waals surface area contributed by atoms with Crippen LogP contribution in [0.1, 0.15) is 24.2 Å². The summed E-state index contributed by atoms with van der Waals surface area (Å²) in [6, 6.07) is 8.42. The summed E-state index contributed by atoms with van der Waals surface area (Å²) in [5.74, 6) is -1.21. The average Bonchev–Trinajstić information content (AvgIpc) is 2.43. The van der Waals surface area contributed by atoms with Crippen LogP contribution in [0, 0.1) is 5.92 Å². The zero-order valence-corrected chi connectivity index (χ0v) is 11.0. The molecule has 104 valence electrons. The van der Waals surface area contributed by atoms with Gasteiger partial charge in [-0.2, -0.15) is 0 Å². The summed E-state index contributed by atoms with van der Waals surface area (Å²) in [6.07, 6.45) is -0.851. The molecule has 0 saturated carbocycles. The molecule has 1 rings (SSSR count). The maximum absolute atomic E-state index is 11.7. The number of ether oxygens (including phenoxy) is 2.